The van der Waals surface area contributed by atoms with E-state index in [0.29, 0.717) is 33.8 Å². The SMILES string of the molecule is Cc1c(N)c(N)cc2nc3c(C)c(N)c(N)cc3nc12. The number of nitrogens with two attached hydrogens (primary N) is 4. The first-order chi connectivity index (χ1) is 9.40. The van der Waals surface area contributed by atoms with Gasteiger partial charge in [-0.2, -0.15) is 0 Å². The van der Waals surface area contributed by atoms with Crippen molar-refractivity contribution in [1.29, 1.82) is 0 Å². The minimum atomic E-state index is 0.504. The minimum absolute atomic E-state index is 0.504. The molecule has 6 heteroatoms. The first-order valence-electron chi connectivity index (χ1n) is 6.20. The second kappa shape index (κ2) is 3.86. The van der Waals surface area contributed by atoms with Gasteiger partial charge in [0.05, 0.1) is 44.8 Å². The van der Waals surface area contributed by atoms with Crippen LogP contribution >= 0.6 is 0 Å². The van der Waals surface area contributed by atoms with Gasteiger partial charge in [-0.1, -0.05) is 0 Å². The number of hydrogen-bond donors (Lipinski definition) is 4. The Hall–Kier alpha value is -2.76. The smallest absolute Gasteiger partial charge is 0.0945 e. The van der Waals surface area contributed by atoms with Crippen LogP contribution in [0.15, 0.2) is 12.1 Å². The molecule has 0 saturated carbocycles. The van der Waals surface area contributed by atoms with E-state index in [9.17, 15) is 0 Å². The van der Waals surface area contributed by atoms with Gasteiger partial charge in [-0.05, 0) is 26.0 Å². The summed E-state index contributed by atoms with van der Waals surface area (Å²) in [6.45, 7) is 3.75. The lowest BCUT2D eigenvalue weighted by Gasteiger charge is -2.12. The maximum absolute atomic E-state index is 5.94. The van der Waals surface area contributed by atoms with Crippen molar-refractivity contribution in [3.63, 3.8) is 0 Å². The summed E-state index contributed by atoms with van der Waals surface area (Å²) in [4.78, 5) is 9.22. The van der Waals surface area contributed by atoms with Crippen LogP contribution in [0.3, 0.4) is 0 Å². The number of benzene rings is 2. The first-order valence-corrected chi connectivity index (χ1v) is 6.20. The lowest BCUT2D eigenvalue weighted by Crippen LogP contribution is -2.03. The highest BCUT2D eigenvalue weighted by atomic mass is 14.8. The van der Waals surface area contributed by atoms with E-state index in [-0.39, 0.29) is 0 Å². The summed E-state index contributed by atoms with van der Waals surface area (Å²) >= 11 is 0. The van der Waals surface area contributed by atoms with Crippen molar-refractivity contribution in [3.05, 3.63) is 23.3 Å². The Balaban J connectivity index is 2.53. The molecule has 0 aliphatic carbocycles. The molecule has 0 spiro atoms. The van der Waals surface area contributed by atoms with Crippen molar-refractivity contribution in [2.75, 3.05) is 22.9 Å². The fourth-order valence-corrected chi connectivity index (χ4v) is 2.35. The average molecular weight is 268 g/mol. The molecular formula is C14H16N6. The molecule has 0 radical (unpaired) electrons. The molecule has 0 aliphatic rings. The number of hydrogen-bond acceptors (Lipinski definition) is 6. The van der Waals surface area contributed by atoms with Crippen molar-refractivity contribution >= 4 is 44.8 Å². The van der Waals surface area contributed by atoms with Crippen LogP contribution < -0.4 is 22.9 Å². The van der Waals surface area contributed by atoms with Crippen LogP contribution in [0.1, 0.15) is 11.1 Å². The Morgan fingerprint density at radius 1 is 0.700 bits per heavy atom. The third-order valence-electron chi connectivity index (χ3n) is 3.67. The number of anilines is 4. The Morgan fingerprint density at radius 2 is 1.05 bits per heavy atom. The number of nitrogen functional groups attached to an aromatic ring is 4. The Morgan fingerprint density at radius 3 is 1.40 bits per heavy atom. The zero-order valence-electron chi connectivity index (χ0n) is 11.4. The van der Waals surface area contributed by atoms with Crippen LogP contribution in [-0.4, -0.2) is 9.97 Å². The molecular weight excluding hydrogens is 252 g/mol. The second-order valence-electron chi connectivity index (χ2n) is 4.97. The van der Waals surface area contributed by atoms with E-state index in [2.05, 4.69) is 9.97 Å². The molecule has 0 unspecified atom stereocenters. The molecule has 1 heterocycles. The van der Waals surface area contributed by atoms with Crippen molar-refractivity contribution in [2.45, 2.75) is 13.8 Å². The molecule has 0 atom stereocenters. The molecule has 0 bridgehead atoms. The van der Waals surface area contributed by atoms with Gasteiger partial charge in [0.1, 0.15) is 0 Å². The minimum Gasteiger partial charge on any atom is -0.397 e. The Bertz CT molecular complexity index is 796. The lowest BCUT2D eigenvalue weighted by atomic mass is 10.1. The molecule has 3 rings (SSSR count). The third-order valence-corrected chi connectivity index (χ3v) is 3.67. The monoisotopic (exact) mass is 268 g/mol. The van der Waals surface area contributed by atoms with Crippen LogP contribution in [0, 0.1) is 13.8 Å². The van der Waals surface area contributed by atoms with Crippen molar-refractivity contribution < 1.29 is 0 Å². The molecule has 0 saturated heterocycles. The van der Waals surface area contributed by atoms with E-state index in [1.54, 1.807) is 12.1 Å². The zero-order valence-corrected chi connectivity index (χ0v) is 11.4. The van der Waals surface area contributed by atoms with E-state index in [4.69, 9.17) is 22.9 Å². The first kappa shape index (κ1) is 12.3. The van der Waals surface area contributed by atoms with Crippen molar-refractivity contribution in [1.82, 2.24) is 9.97 Å². The lowest BCUT2D eigenvalue weighted by molar-refractivity contribution is 1.34. The number of nitrogens with zero attached hydrogens (tertiary/aromatic N) is 2. The van der Waals surface area contributed by atoms with Crippen LogP contribution in [0.25, 0.3) is 22.1 Å². The zero-order chi connectivity index (χ0) is 14.6. The third kappa shape index (κ3) is 1.51. The molecule has 1 aromatic heterocycles. The fraction of sp³-hybridized carbons (Fsp3) is 0.143. The second-order valence-corrected chi connectivity index (χ2v) is 4.97. The van der Waals surface area contributed by atoms with E-state index >= 15 is 0 Å². The highest BCUT2D eigenvalue weighted by Gasteiger charge is 2.13. The van der Waals surface area contributed by atoms with Crippen LogP contribution in [-0.2, 0) is 0 Å². The standard InChI is InChI=1S/C14H16N6/c1-5-11(17)7(15)3-9-13(5)19-10-4-8(16)12(18)6(2)14(10)20-9/h3-4H,15-18H2,1-2H3. The van der Waals surface area contributed by atoms with Gasteiger partial charge >= 0.3 is 0 Å². The quantitative estimate of drug-likeness (QED) is 0.363. The predicted octanol–water partition coefficient (Wildman–Crippen LogP) is 1.73. The summed E-state index contributed by atoms with van der Waals surface area (Å²) in [5.41, 5.74) is 30.2. The molecule has 20 heavy (non-hydrogen) atoms. The summed E-state index contributed by atoms with van der Waals surface area (Å²) in [5, 5.41) is 0. The number of aryl methyl sites for hydroxylation is 2. The van der Waals surface area contributed by atoms with Gasteiger partial charge in [-0.25, -0.2) is 9.97 Å². The molecule has 2 aromatic carbocycles. The summed E-state index contributed by atoms with van der Waals surface area (Å²) in [7, 11) is 0. The molecule has 3 aromatic rings. The number of rotatable bonds is 0. The van der Waals surface area contributed by atoms with Crippen LogP contribution in [0.5, 0.6) is 0 Å². The maximum Gasteiger partial charge on any atom is 0.0945 e. The molecule has 102 valence electrons. The highest BCUT2D eigenvalue weighted by Crippen LogP contribution is 2.32. The van der Waals surface area contributed by atoms with Crippen LogP contribution in [0.4, 0.5) is 22.7 Å². The van der Waals surface area contributed by atoms with E-state index in [0.717, 1.165) is 22.2 Å². The van der Waals surface area contributed by atoms with Gasteiger partial charge in [0, 0.05) is 11.1 Å². The van der Waals surface area contributed by atoms with Crippen molar-refractivity contribution in [2.24, 2.45) is 0 Å². The van der Waals surface area contributed by atoms with Gasteiger partial charge < -0.3 is 22.9 Å². The van der Waals surface area contributed by atoms with Gasteiger partial charge in [0.25, 0.3) is 0 Å². The molecule has 0 aliphatic heterocycles. The summed E-state index contributed by atoms with van der Waals surface area (Å²) in [5.74, 6) is 0. The molecule has 6 nitrogen and oxygen atoms in total. The fourth-order valence-electron chi connectivity index (χ4n) is 2.35. The van der Waals surface area contributed by atoms with Gasteiger partial charge in [0.2, 0.25) is 0 Å². The number of fused-ring (bicyclic) bond motifs is 2. The maximum atomic E-state index is 5.94. The summed E-state index contributed by atoms with van der Waals surface area (Å²) in [6, 6.07) is 3.46. The van der Waals surface area contributed by atoms with Gasteiger partial charge in [0.15, 0.2) is 0 Å². The van der Waals surface area contributed by atoms with Crippen LogP contribution in [0.2, 0.25) is 0 Å². The Kier molecular flexibility index (Phi) is 2.37. The van der Waals surface area contributed by atoms with Gasteiger partial charge in [-0.15, -0.1) is 0 Å². The van der Waals surface area contributed by atoms with Gasteiger partial charge in [-0.3, -0.25) is 0 Å². The largest absolute Gasteiger partial charge is 0.397 e. The summed E-state index contributed by atoms with van der Waals surface area (Å²) in [6.07, 6.45) is 0. The Labute approximate surface area is 115 Å². The molecule has 0 fully saturated rings. The molecule has 8 N–H and O–H groups in total. The summed E-state index contributed by atoms with van der Waals surface area (Å²) < 4.78 is 0. The van der Waals surface area contributed by atoms with Crippen molar-refractivity contribution in [3.8, 4) is 0 Å². The highest BCUT2D eigenvalue weighted by molar-refractivity contribution is 5.98. The average Bonchev–Trinajstić information content (AvgIpc) is 2.42. The van der Waals surface area contributed by atoms with E-state index in [1.165, 1.54) is 0 Å². The van der Waals surface area contributed by atoms with E-state index < -0.39 is 0 Å². The topological polar surface area (TPSA) is 130 Å². The number of aromatic nitrogens is 2. The molecule has 0 amide bonds. The normalized spacial score (nSPS) is 11.3. The van der Waals surface area contributed by atoms with E-state index in [1.807, 2.05) is 13.8 Å². The predicted molar refractivity (Wildman–Crippen MR) is 84.2 cm³/mol.